The molecule has 1 aromatic heterocycles. The van der Waals surface area contributed by atoms with Crippen LogP contribution < -0.4 is 0 Å². The van der Waals surface area contributed by atoms with Crippen LogP contribution in [0.4, 0.5) is 0 Å². The lowest BCUT2D eigenvalue weighted by Crippen LogP contribution is -2.05. The number of benzene rings is 1. The first-order valence-corrected chi connectivity index (χ1v) is 5.86. The molecular formula is C15H13NO3. The molecule has 0 N–H and O–H groups in total. The lowest BCUT2D eigenvalue weighted by molar-refractivity contribution is 0.0471. The van der Waals surface area contributed by atoms with Crippen molar-refractivity contribution in [3.63, 3.8) is 0 Å². The molecule has 0 unspecified atom stereocenters. The van der Waals surface area contributed by atoms with Gasteiger partial charge in [-0.05, 0) is 30.7 Å². The number of hydrogen-bond donors (Lipinski definition) is 0. The number of nitrogens with zero attached hydrogens (tertiary/aromatic N) is 1. The molecular weight excluding hydrogens is 242 g/mol. The number of ether oxygens (including phenoxy) is 1. The molecule has 2 rings (SSSR count). The van der Waals surface area contributed by atoms with E-state index in [9.17, 15) is 4.79 Å². The Kier molecular flexibility index (Phi) is 3.99. The normalized spacial score (nSPS) is 9.89. The summed E-state index contributed by atoms with van der Waals surface area (Å²) < 4.78 is 10.3. The lowest BCUT2D eigenvalue weighted by atomic mass is 10.1. The average Bonchev–Trinajstić information content (AvgIpc) is 2.82. The number of esters is 1. The number of hydrogen-bond acceptors (Lipinski definition) is 4. The van der Waals surface area contributed by atoms with Gasteiger partial charge >= 0.3 is 5.97 Å². The highest BCUT2D eigenvalue weighted by molar-refractivity contribution is 5.89. The summed E-state index contributed by atoms with van der Waals surface area (Å²) in [5.74, 6) is 0.339. The average molecular weight is 255 g/mol. The third-order valence-electron chi connectivity index (χ3n) is 2.77. The van der Waals surface area contributed by atoms with Gasteiger partial charge in [0.2, 0.25) is 0 Å². The Morgan fingerprint density at radius 3 is 2.95 bits per heavy atom. The number of aryl methyl sites for hydroxylation is 1. The topological polar surface area (TPSA) is 63.2 Å². The second kappa shape index (κ2) is 5.87. The molecule has 0 saturated carbocycles. The standard InChI is InChI=1S/C15H13NO3/c1-11-14(6-8-18-11)10-19-15(17)13-4-2-3-12(9-13)5-7-16/h2-4,6,8-9H,5,10H2,1H3. The Balaban J connectivity index is 2.02. The summed E-state index contributed by atoms with van der Waals surface area (Å²) in [7, 11) is 0. The Morgan fingerprint density at radius 1 is 1.42 bits per heavy atom. The largest absolute Gasteiger partial charge is 0.469 e. The van der Waals surface area contributed by atoms with E-state index in [1.54, 1.807) is 36.6 Å². The van der Waals surface area contributed by atoms with Crippen molar-refractivity contribution in [2.24, 2.45) is 0 Å². The van der Waals surface area contributed by atoms with Crippen LogP contribution in [-0.4, -0.2) is 5.97 Å². The molecule has 4 heteroatoms. The van der Waals surface area contributed by atoms with Gasteiger partial charge in [-0.1, -0.05) is 12.1 Å². The molecule has 0 saturated heterocycles. The van der Waals surface area contributed by atoms with Gasteiger partial charge < -0.3 is 9.15 Å². The first-order chi connectivity index (χ1) is 9.20. The molecule has 4 nitrogen and oxygen atoms in total. The van der Waals surface area contributed by atoms with Crippen LogP contribution in [-0.2, 0) is 17.8 Å². The fourth-order valence-corrected chi connectivity index (χ4v) is 1.69. The van der Waals surface area contributed by atoms with Crippen molar-refractivity contribution in [1.82, 2.24) is 0 Å². The minimum atomic E-state index is -0.402. The highest BCUT2D eigenvalue weighted by Gasteiger charge is 2.09. The molecule has 2 aromatic rings. The van der Waals surface area contributed by atoms with Crippen LogP contribution in [0.2, 0.25) is 0 Å². The smallest absolute Gasteiger partial charge is 0.338 e. The first kappa shape index (κ1) is 12.9. The highest BCUT2D eigenvalue weighted by Crippen LogP contribution is 2.12. The van der Waals surface area contributed by atoms with Crippen molar-refractivity contribution in [2.45, 2.75) is 20.0 Å². The molecule has 0 spiro atoms. The third-order valence-corrected chi connectivity index (χ3v) is 2.77. The number of nitriles is 1. The maximum absolute atomic E-state index is 11.9. The van der Waals surface area contributed by atoms with Gasteiger partial charge in [-0.15, -0.1) is 0 Å². The van der Waals surface area contributed by atoms with Crippen LogP contribution in [0, 0.1) is 18.3 Å². The molecule has 0 atom stereocenters. The van der Waals surface area contributed by atoms with E-state index in [1.165, 1.54) is 0 Å². The number of carbonyl (C=O) groups is 1. The predicted octanol–water partition coefficient (Wildman–Crippen LogP) is 3.01. The van der Waals surface area contributed by atoms with E-state index in [0.29, 0.717) is 5.56 Å². The summed E-state index contributed by atoms with van der Waals surface area (Å²) in [5.41, 5.74) is 2.10. The molecule has 1 heterocycles. The van der Waals surface area contributed by atoms with Crippen molar-refractivity contribution in [3.8, 4) is 6.07 Å². The lowest BCUT2D eigenvalue weighted by Gasteiger charge is -2.05. The Labute approximate surface area is 111 Å². The Bertz CT molecular complexity index is 622. The summed E-state index contributed by atoms with van der Waals surface area (Å²) >= 11 is 0. The van der Waals surface area contributed by atoms with Crippen LogP contribution >= 0.6 is 0 Å². The van der Waals surface area contributed by atoms with Crippen LogP contribution in [0.25, 0.3) is 0 Å². The van der Waals surface area contributed by atoms with Crippen molar-refractivity contribution < 1.29 is 13.9 Å². The van der Waals surface area contributed by atoms with E-state index in [1.807, 2.05) is 13.0 Å². The maximum Gasteiger partial charge on any atom is 0.338 e. The second-order valence-corrected chi connectivity index (χ2v) is 4.11. The summed E-state index contributed by atoms with van der Waals surface area (Å²) in [5, 5.41) is 8.63. The summed E-state index contributed by atoms with van der Waals surface area (Å²) in [6, 6.07) is 10.7. The first-order valence-electron chi connectivity index (χ1n) is 5.86. The van der Waals surface area contributed by atoms with Crippen LogP contribution in [0.3, 0.4) is 0 Å². The summed E-state index contributed by atoms with van der Waals surface area (Å²) in [4.78, 5) is 11.9. The molecule has 1 aromatic carbocycles. The molecule has 0 amide bonds. The highest BCUT2D eigenvalue weighted by atomic mass is 16.5. The van der Waals surface area contributed by atoms with E-state index in [4.69, 9.17) is 14.4 Å². The molecule has 19 heavy (non-hydrogen) atoms. The van der Waals surface area contributed by atoms with Gasteiger partial charge in [-0.3, -0.25) is 0 Å². The van der Waals surface area contributed by atoms with Gasteiger partial charge in [-0.2, -0.15) is 5.26 Å². The summed E-state index contributed by atoms with van der Waals surface area (Å²) in [6.07, 6.45) is 1.84. The minimum Gasteiger partial charge on any atom is -0.469 e. The fraction of sp³-hybridized carbons (Fsp3) is 0.200. The van der Waals surface area contributed by atoms with Crippen molar-refractivity contribution in [1.29, 1.82) is 5.26 Å². The van der Waals surface area contributed by atoms with Crippen LogP contribution in [0.1, 0.15) is 27.2 Å². The van der Waals surface area contributed by atoms with Gasteiger partial charge in [0, 0.05) is 5.56 Å². The molecule has 0 radical (unpaired) electrons. The minimum absolute atomic E-state index is 0.184. The Hall–Kier alpha value is -2.54. The zero-order chi connectivity index (χ0) is 13.7. The van der Waals surface area contributed by atoms with Gasteiger partial charge in [0.15, 0.2) is 0 Å². The molecule has 0 bridgehead atoms. The van der Waals surface area contributed by atoms with Crippen molar-refractivity contribution >= 4 is 5.97 Å². The molecule has 0 aliphatic carbocycles. The van der Waals surface area contributed by atoms with Gasteiger partial charge in [0.1, 0.15) is 12.4 Å². The molecule has 0 aliphatic heterocycles. The van der Waals surface area contributed by atoms with Gasteiger partial charge in [0.25, 0.3) is 0 Å². The van der Waals surface area contributed by atoms with Crippen LogP contribution in [0.5, 0.6) is 0 Å². The van der Waals surface area contributed by atoms with E-state index in [-0.39, 0.29) is 13.0 Å². The molecule has 0 aliphatic rings. The van der Waals surface area contributed by atoms with Crippen molar-refractivity contribution in [3.05, 3.63) is 59.0 Å². The SMILES string of the molecule is Cc1occc1COC(=O)c1cccc(CC#N)c1. The number of carbonyl (C=O) groups excluding carboxylic acids is 1. The van der Waals surface area contributed by atoms with E-state index in [0.717, 1.165) is 16.9 Å². The second-order valence-electron chi connectivity index (χ2n) is 4.11. The third kappa shape index (κ3) is 3.23. The van der Waals surface area contributed by atoms with E-state index < -0.39 is 5.97 Å². The number of furan rings is 1. The quantitative estimate of drug-likeness (QED) is 0.788. The van der Waals surface area contributed by atoms with Gasteiger partial charge in [0.05, 0.1) is 24.3 Å². The van der Waals surface area contributed by atoms with Crippen molar-refractivity contribution in [2.75, 3.05) is 0 Å². The maximum atomic E-state index is 11.9. The Morgan fingerprint density at radius 2 is 2.26 bits per heavy atom. The zero-order valence-electron chi connectivity index (χ0n) is 10.6. The van der Waals surface area contributed by atoms with E-state index in [2.05, 4.69) is 0 Å². The fourth-order valence-electron chi connectivity index (χ4n) is 1.69. The van der Waals surface area contributed by atoms with Gasteiger partial charge in [-0.25, -0.2) is 4.79 Å². The number of rotatable bonds is 4. The monoisotopic (exact) mass is 255 g/mol. The zero-order valence-corrected chi connectivity index (χ0v) is 10.6. The van der Waals surface area contributed by atoms with Crippen LogP contribution in [0.15, 0.2) is 41.0 Å². The molecule has 96 valence electrons. The van der Waals surface area contributed by atoms with E-state index >= 15 is 0 Å². The summed E-state index contributed by atoms with van der Waals surface area (Å²) in [6.45, 7) is 2.00. The predicted molar refractivity (Wildman–Crippen MR) is 68.3 cm³/mol. The molecule has 0 fully saturated rings.